The molecule has 0 radical (unpaired) electrons. The number of likely N-dealkylation sites (N-methyl/N-ethyl adjacent to an activating group) is 1. The van der Waals surface area contributed by atoms with Crippen LogP contribution in [0.25, 0.3) is 0 Å². The van der Waals surface area contributed by atoms with Crippen molar-refractivity contribution in [1.82, 2.24) is 30.2 Å². The summed E-state index contributed by atoms with van der Waals surface area (Å²) in [5.41, 5.74) is 3.21. The second-order valence-corrected chi connectivity index (χ2v) is 14.7. The number of piperazine rings is 1. The minimum absolute atomic E-state index is 0.0329. The molecule has 12 heteroatoms. The number of hydrogen-bond donors (Lipinski definition) is 2. The number of para-hydroxylation sites is 1. The highest BCUT2D eigenvalue weighted by atomic mass is 35.5. The van der Waals surface area contributed by atoms with Gasteiger partial charge in [-0.1, -0.05) is 66.2 Å². The quantitative estimate of drug-likeness (QED) is 0.370. The molecule has 0 saturated carbocycles. The zero-order valence-corrected chi connectivity index (χ0v) is 29.9. The van der Waals surface area contributed by atoms with Gasteiger partial charge in [0.2, 0.25) is 17.7 Å². The Balaban J connectivity index is 1.07. The van der Waals surface area contributed by atoms with E-state index >= 15 is 0 Å². The average Bonchev–Trinajstić information content (AvgIpc) is 3.41. The van der Waals surface area contributed by atoms with Crippen molar-refractivity contribution >= 4 is 40.9 Å². The fourth-order valence-electron chi connectivity index (χ4n) is 7.93. The first-order chi connectivity index (χ1) is 24.7. The van der Waals surface area contributed by atoms with E-state index in [0.29, 0.717) is 70.1 Å². The van der Waals surface area contributed by atoms with Gasteiger partial charge in [-0.25, -0.2) is 0 Å². The molecule has 0 bridgehead atoms. The van der Waals surface area contributed by atoms with Crippen LogP contribution in [-0.4, -0.2) is 120 Å². The van der Waals surface area contributed by atoms with Gasteiger partial charge in [-0.3, -0.25) is 19.2 Å². The molecular weight excluding hydrogens is 666 g/mol. The molecule has 4 amide bonds. The Bertz CT molecular complexity index is 1740. The summed E-state index contributed by atoms with van der Waals surface area (Å²) in [5.74, 6) is -0.503. The van der Waals surface area contributed by atoms with E-state index in [1.54, 1.807) is 21.9 Å². The van der Waals surface area contributed by atoms with E-state index in [1.807, 2.05) is 72.6 Å². The molecule has 3 aromatic carbocycles. The maximum Gasteiger partial charge on any atom is 0.250 e. The lowest BCUT2D eigenvalue weighted by atomic mass is 9.85. The minimum Gasteiger partial charge on any atom is -0.343 e. The van der Waals surface area contributed by atoms with Crippen LogP contribution in [0.2, 0.25) is 5.02 Å². The highest BCUT2D eigenvalue weighted by Gasteiger charge is 2.54. The lowest BCUT2D eigenvalue weighted by molar-refractivity contribution is -0.143. The maximum absolute atomic E-state index is 14.4. The van der Waals surface area contributed by atoms with Crippen molar-refractivity contribution in [2.24, 2.45) is 0 Å². The number of piperidine rings is 1. The van der Waals surface area contributed by atoms with Crippen LogP contribution in [0.1, 0.15) is 29.5 Å². The summed E-state index contributed by atoms with van der Waals surface area (Å²) in [7, 11) is 2.05. The summed E-state index contributed by atoms with van der Waals surface area (Å²) in [4.78, 5) is 65.4. The number of carbonyl (C=O) groups excluding carboxylic acids is 4. The van der Waals surface area contributed by atoms with Gasteiger partial charge in [0.1, 0.15) is 18.1 Å². The van der Waals surface area contributed by atoms with E-state index in [9.17, 15) is 19.2 Å². The zero-order valence-electron chi connectivity index (χ0n) is 29.1. The number of amides is 4. The predicted molar refractivity (Wildman–Crippen MR) is 196 cm³/mol. The van der Waals surface area contributed by atoms with Crippen LogP contribution in [0, 0.1) is 0 Å². The van der Waals surface area contributed by atoms with Gasteiger partial charge in [0, 0.05) is 62.9 Å². The van der Waals surface area contributed by atoms with Gasteiger partial charge in [-0.15, -0.1) is 0 Å². The molecule has 51 heavy (non-hydrogen) atoms. The third-order valence-corrected chi connectivity index (χ3v) is 11.3. The summed E-state index contributed by atoms with van der Waals surface area (Å²) in [5, 5.41) is 7.02. The number of carbonyl (C=O) groups is 4. The molecule has 3 aromatic rings. The number of hydrogen-bond acceptors (Lipinski definition) is 7. The standard InChI is InChI=1S/C39H46ClN7O4/c1-43-19-21-44(22-20-43)35(48)26-46-27-47(32-9-3-2-4-10-32)39(38(46)51)15-17-45(18-16-39)37(50)34(23-28-11-13-31(40)14-12-28)42-36(49)33-24-29-7-5-6-8-30(29)25-41-33/h2-14,33-34,41H,15-27H2,1H3,(H,42,49)/t33-,34+/m0/s1. The molecule has 0 unspecified atom stereocenters. The molecule has 2 N–H and O–H groups in total. The lowest BCUT2D eigenvalue weighted by Gasteiger charge is -2.44. The van der Waals surface area contributed by atoms with Gasteiger partial charge in [0.25, 0.3) is 5.91 Å². The molecule has 4 aliphatic heterocycles. The van der Waals surface area contributed by atoms with E-state index in [0.717, 1.165) is 29.9 Å². The third-order valence-electron chi connectivity index (χ3n) is 11.0. The molecule has 3 fully saturated rings. The first-order valence-electron chi connectivity index (χ1n) is 17.9. The number of halogens is 1. The number of likely N-dealkylation sites (tertiary alicyclic amines) is 1. The second-order valence-electron chi connectivity index (χ2n) is 14.2. The average molecular weight is 712 g/mol. The Morgan fingerprint density at radius 3 is 2.24 bits per heavy atom. The lowest BCUT2D eigenvalue weighted by Crippen LogP contribution is -2.61. The first-order valence-corrected chi connectivity index (χ1v) is 18.3. The molecule has 268 valence electrons. The minimum atomic E-state index is -0.880. The second kappa shape index (κ2) is 15.0. The normalized spacial score (nSPS) is 21.1. The monoisotopic (exact) mass is 711 g/mol. The van der Waals surface area contributed by atoms with Crippen LogP contribution in [0.5, 0.6) is 0 Å². The number of nitrogens with one attached hydrogen (secondary N) is 2. The largest absolute Gasteiger partial charge is 0.343 e. The van der Waals surface area contributed by atoms with Crippen LogP contribution in [0.4, 0.5) is 5.69 Å². The Kier molecular flexibility index (Phi) is 10.3. The topological polar surface area (TPSA) is 109 Å². The summed E-state index contributed by atoms with van der Waals surface area (Å²) < 4.78 is 0. The van der Waals surface area contributed by atoms with Crippen molar-refractivity contribution in [3.63, 3.8) is 0 Å². The van der Waals surface area contributed by atoms with E-state index in [1.165, 1.54) is 5.56 Å². The van der Waals surface area contributed by atoms with Crippen molar-refractivity contribution < 1.29 is 19.2 Å². The fraction of sp³-hybridized carbons (Fsp3) is 0.436. The van der Waals surface area contributed by atoms with E-state index in [-0.39, 0.29) is 30.2 Å². The smallest absolute Gasteiger partial charge is 0.250 e. The van der Waals surface area contributed by atoms with Crippen LogP contribution in [0.3, 0.4) is 0 Å². The van der Waals surface area contributed by atoms with Crippen LogP contribution >= 0.6 is 11.6 Å². The molecule has 0 aromatic heterocycles. The van der Waals surface area contributed by atoms with Crippen molar-refractivity contribution in [2.45, 2.75) is 49.9 Å². The van der Waals surface area contributed by atoms with E-state index in [2.05, 4.69) is 26.5 Å². The number of benzene rings is 3. The first kappa shape index (κ1) is 35.0. The van der Waals surface area contributed by atoms with Gasteiger partial charge < -0.3 is 35.1 Å². The zero-order chi connectivity index (χ0) is 35.5. The predicted octanol–water partition coefficient (Wildman–Crippen LogP) is 2.52. The summed E-state index contributed by atoms with van der Waals surface area (Å²) in [6.07, 6.45) is 1.67. The maximum atomic E-state index is 14.4. The Hall–Kier alpha value is -4.45. The molecule has 3 saturated heterocycles. The summed E-state index contributed by atoms with van der Waals surface area (Å²) >= 11 is 6.16. The Morgan fingerprint density at radius 2 is 1.53 bits per heavy atom. The fourth-order valence-corrected chi connectivity index (χ4v) is 8.05. The highest BCUT2D eigenvalue weighted by molar-refractivity contribution is 6.30. The molecule has 2 atom stereocenters. The van der Waals surface area contributed by atoms with Crippen LogP contribution < -0.4 is 15.5 Å². The van der Waals surface area contributed by atoms with Crippen molar-refractivity contribution in [2.75, 3.05) is 64.4 Å². The van der Waals surface area contributed by atoms with Gasteiger partial charge in [0.15, 0.2) is 0 Å². The van der Waals surface area contributed by atoms with Gasteiger partial charge in [-0.2, -0.15) is 0 Å². The number of nitrogens with zero attached hydrogens (tertiary/aromatic N) is 5. The Morgan fingerprint density at radius 1 is 0.863 bits per heavy atom. The molecule has 7 rings (SSSR count). The molecule has 1 spiro atoms. The van der Waals surface area contributed by atoms with E-state index < -0.39 is 17.6 Å². The van der Waals surface area contributed by atoms with Gasteiger partial charge in [0.05, 0.1) is 12.7 Å². The van der Waals surface area contributed by atoms with Crippen LogP contribution in [0.15, 0.2) is 78.9 Å². The molecule has 11 nitrogen and oxygen atoms in total. The highest BCUT2D eigenvalue weighted by Crippen LogP contribution is 2.39. The molecule has 4 aliphatic rings. The summed E-state index contributed by atoms with van der Waals surface area (Å²) in [6, 6.07) is 24.0. The number of rotatable bonds is 8. The van der Waals surface area contributed by atoms with Crippen LogP contribution in [-0.2, 0) is 38.6 Å². The summed E-state index contributed by atoms with van der Waals surface area (Å²) in [6.45, 7) is 4.55. The molecule has 4 heterocycles. The molecular formula is C39H46ClN7O4. The van der Waals surface area contributed by atoms with Crippen molar-refractivity contribution in [3.8, 4) is 0 Å². The third kappa shape index (κ3) is 7.47. The SMILES string of the molecule is CN1CCN(C(=O)CN2CN(c3ccccc3)C3(CCN(C(=O)[C@@H](Cc4ccc(Cl)cc4)NC(=O)[C@@H]4Cc5ccccc5CN4)CC3)C2=O)CC1. The Labute approximate surface area is 304 Å². The van der Waals surface area contributed by atoms with Gasteiger partial charge in [-0.05, 0) is 67.3 Å². The number of fused-ring (bicyclic) bond motifs is 1. The number of anilines is 1. The van der Waals surface area contributed by atoms with E-state index in [4.69, 9.17) is 11.6 Å². The van der Waals surface area contributed by atoms with Crippen molar-refractivity contribution in [1.29, 1.82) is 0 Å². The van der Waals surface area contributed by atoms with Gasteiger partial charge >= 0.3 is 0 Å². The molecule has 0 aliphatic carbocycles. The van der Waals surface area contributed by atoms with Crippen molar-refractivity contribution in [3.05, 3.63) is 101 Å².